The molecule has 0 atom stereocenters. The van der Waals surface area contributed by atoms with Crippen molar-refractivity contribution in [1.82, 2.24) is 9.97 Å². The van der Waals surface area contributed by atoms with Gasteiger partial charge in [0.2, 0.25) is 5.95 Å². The monoisotopic (exact) mass is 454 g/mol. The number of aromatic nitrogens is 2. The van der Waals surface area contributed by atoms with Gasteiger partial charge in [-0.1, -0.05) is 68.4 Å². The maximum Gasteiger partial charge on any atom is 0.338 e. The lowest BCUT2D eigenvalue weighted by molar-refractivity contribution is 0.0601. The van der Waals surface area contributed by atoms with Gasteiger partial charge in [0.15, 0.2) is 0 Å². The molecule has 4 rings (SSSR count). The molecule has 6 nitrogen and oxygen atoms in total. The van der Waals surface area contributed by atoms with Crippen molar-refractivity contribution >= 4 is 28.6 Å². The second-order valence-corrected chi connectivity index (χ2v) is 8.61. The number of hydrogen-bond acceptors (Lipinski definition) is 6. The Labute approximate surface area is 200 Å². The van der Waals surface area contributed by atoms with Crippen molar-refractivity contribution in [1.29, 1.82) is 0 Å². The van der Waals surface area contributed by atoms with Crippen molar-refractivity contribution in [2.45, 2.75) is 26.8 Å². The number of esters is 1. The number of carbonyl (C=O) groups excluding carboxylic acids is 1. The smallest absolute Gasteiger partial charge is 0.338 e. The van der Waals surface area contributed by atoms with E-state index in [0.717, 1.165) is 46.4 Å². The number of para-hydroxylation sites is 1. The van der Waals surface area contributed by atoms with Crippen molar-refractivity contribution in [3.8, 4) is 11.1 Å². The predicted molar refractivity (Wildman–Crippen MR) is 138 cm³/mol. The van der Waals surface area contributed by atoms with Crippen LogP contribution in [0.5, 0.6) is 0 Å². The number of nitrogens with zero attached hydrogens (tertiary/aromatic N) is 2. The summed E-state index contributed by atoms with van der Waals surface area (Å²) in [6, 6.07) is 23.7. The molecule has 0 saturated carbocycles. The van der Waals surface area contributed by atoms with Crippen LogP contribution in [-0.2, 0) is 11.3 Å². The first-order valence-electron chi connectivity index (χ1n) is 11.6. The maximum atomic E-state index is 12.1. The Balaban J connectivity index is 1.52. The summed E-state index contributed by atoms with van der Waals surface area (Å²) < 4.78 is 4.92. The van der Waals surface area contributed by atoms with E-state index in [2.05, 4.69) is 41.6 Å². The number of carbonyl (C=O) groups is 1. The highest BCUT2D eigenvalue weighted by Gasteiger charge is 2.13. The Morgan fingerprint density at radius 1 is 0.912 bits per heavy atom. The van der Waals surface area contributed by atoms with E-state index in [-0.39, 0.29) is 5.97 Å². The number of ether oxygens (including phenoxy) is 1. The average molecular weight is 455 g/mol. The highest BCUT2D eigenvalue weighted by molar-refractivity contribution is 5.97. The van der Waals surface area contributed by atoms with Gasteiger partial charge in [0.05, 0.1) is 18.2 Å². The number of anilines is 2. The summed E-state index contributed by atoms with van der Waals surface area (Å²) in [5, 5.41) is 7.81. The molecule has 34 heavy (non-hydrogen) atoms. The molecule has 1 aromatic heterocycles. The maximum absolute atomic E-state index is 12.1. The largest absolute Gasteiger partial charge is 0.465 e. The van der Waals surface area contributed by atoms with E-state index in [1.807, 2.05) is 54.6 Å². The number of nitrogens with one attached hydrogen (secondary N) is 2. The Morgan fingerprint density at radius 3 is 2.41 bits per heavy atom. The summed E-state index contributed by atoms with van der Waals surface area (Å²) in [6.45, 7) is 5.86. The van der Waals surface area contributed by atoms with E-state index in [4.69, 9.17) is 9.72 Å². The van der Waals surface area contributed by atoms with Gasteiger partial charge in [-0.25, -0.2) is 9.78 Å². The lowest BCUT2D eigenvalue weighted by Crippen LogP contribution is -2.10. The molecule has 0 saturated heterocycles. The van der Waals surface area contributed by atoms with Crippen molar-refractivity contribution in [3.05, 3.63) is 83.9 Å². The average Bonchev–Trinajstić information content (AvgIpc) is 2.87. The number of benzene rings is 3. The minimum absolute atomic E-state index is 0.338. The first-order chi connectivity index (χ1) is 16.5. The first kappa shape index (κ1) is 23.2. The summed E-state index contributed by atoms with van der Waals surface area (Å²) >= 11 is 0. The number of fused-ring (bicyclic) bond motifs is 1. The molecule has 0 fully saturated rings. The fourth-order valence-electron chi connectivity index (χ4n) is 3.77. The fourth-order valence-corrected chi connectivity index (χ4v) is 3.77. The SMILES string of the molecule is COC(=O)c1ccccc1-c1ccc(CNc2nc(NCCC(C)C)nc3ccccc23)cc1. The van der Waals surface area contributed by atoms with Gasteiger partial charge in [0, 0.05) is 18.5 Å². The molecule has 1 heterocycles. The third-order valence-corrected chi connectivity index (χ3v) is 5.67. The fraction of sp³-hybridized carbons (Fsp3) is 0.250. The van der Waals surface area contributed by atoms with E-state index < -0.39 is 0 Å². The second-order valence-electron chi connectivity index (χ2n) is 8.61. The van der Waals surface area contributed by atoms with Gasteiger partial charge < -0.3 is 15.4 Å². The zero-order valence-electron chi connectivity index (χ0n) is 19.8. The highest BCUT2D eigenvalue weighted by atomic mass is 16.5. The van der Waals surface area contributed by atoms with E-state index >= 15 is 0 Å². The molecule has 6 heteroatoms. The van der Waals surface area contributed by atoms with Crippen LogP contribution >= 0.6 is 0 Å². The van der Waals surface area contributed by atoms with Crippen molar-refractivity contribution in [2.24, 2.45) is 5.92 Å². The Hall–Kier alpha value is -3.93. The number of rotatable bonds is 9. The van der Waals surface area contributed by atoms with Crippen molar-refractivity contribution < 1.29 is 9.53 Å². The van der Waals surface area contributed by atoms with Crippen LogP contribution in [-0.4, -0.2) is 29.6 Å². The molecule has 0 aliphatic carbocycles. The highest BCUT2D eigenvalue weighted by Crippen LogP contribution is 2.26. The van der Waals surface area contributed by atoms with Gasteiger partial charge in [-0.05, 0) is 47.2 Å². The van der Waals surface area contributed by atoms with E-state index in [1.54, 1.807) is 6.07 Å². The number of hydrogen-bond donors (Lipinski definition) is 2. The molecule has 0 bridgehead atoms. The van der Waals surface area contributed by atoms with Gasteiger partial charge in [0.25, 0.3) is 0 Å². The zero-order valence-corrected chi connectivity index (χ0v) is 19.8. The molecular weight excluding hydrogens is 424 g/mol. The summed E-state index contributed by atoms with van der Waals surface area (Å²) in [6.07, 6.45) is 1.06. The molecule has 0 aliphatic rings. The predicted octanol–water partition coefficient (Wildman–Crippen LogP) is 6.15. The topological polar surface area (TPSA) is 76.1 Å². The normalized spacial score (nSPS) is 10.9. The molecule has 0 unspecified atom stereocenters. The third-order valence-electron chi connectivity index (χ3n) is 5.67. The van der Waals surface area contributed by atoms with Gasteiger partial charge in [-0.2, -0.15) is 4.98 Å². The Morgan fingerprint density at radius 2 is 1.65 bits per heavy atom. The van der Waals surface area contributed by atoms with Crippen LogP contribution in [0.3, 0.4) is 0 Å². The summed E-state index contributed by atoms with van der Waals surface area (Å²) in [7, 11) is 1.40. The first-order valence-corrected chi connectivity index (χ1v) is 11.6. The molecule has 0 amide bonds. The van der Waals surface area contributed by atoms with E-state index in [9.17, 15) is 4.79 Å². The van der Waals surface area contributed by atoms with E-state index in [0.29, 0.717) is 24.0 Å². The molecular formula is C28H30N4O2. The standard InChI is InChI=1S/C28H30N4O2/c1-19(2)16-17-29-28-31-25-11-7-6-10-24(25)26(32-28)30-18-20-12-14-21(15-13-20)22-8-4-5-9-23(22)27(33)34-3/h4-15,19H,16-18H2,1-3H3,(H2,29,30,31,32). The molecule has 2 N–H and O–H groups in total. The lowest BCUT2D eigenvalue weighted by atomic mass is 9.98. The Kier molecular flexibility index (Phi) is 7.38. The van der Waals surface area contributed by atoms with Gasteiger partial charge in [-0.15, -0.1) is 0 Å². The van der Waals surface area contributed by atoms with Gasteiger partial charge in [-0.3, -0.25) is 0 Å². The van der Waals surface area contributed by atoms with Crippen LogP contribution in [0.1, 0.15) is 36.2 Å². The van der Waals surface area contributed by atoms with Crippen LogP contribution in [0.2, 0.25) is 0 Å². The van der Waals surface area contributed by atoms with Crippen LogP contribution in [0.4, 0.5) is 11.8 Å². The van der Waals surface area contributed by atoms with Gasteiger partial charge >= 0.3 is 5.97 Å². The van der Waals surface area contributed by atoms with E-state index in [1.165, 1.54) is 7.11 Å². The number of methoxy groups -OCH3 is 1. The summed E-state index contributed by atoms with van der Waals surface area (Å²) in [4.78, 5) is 21.5. The van der Waals surface area contributed by atoms with Crippen LogP contribution in [0.25, 0.3) is 22.0 Å². The lowest BCUT2D eigenvalue weighted by Gasteiger charge is -2.13. The third kappa shape index (κ3) is 5.52. The molecule has 0 spiro atoms. The van der Waals surface area contributed by atoms with Crippen LogP contribution in [0, 0.1) is 5.92 Å². The van der Waals surface area contributed by atoms with Crippen molar-refractivity contribution in [3.63, 3.8) is 0 Å². The van der Waals surface area contributed by atoms with Crippen LogP contribution in [0.15, 0.2) is 72.8 Å². The molecule has 174 valence electrons. The second kappa shape index (κ2) is 10.8. The summed E-state index contributed by atoms with van der Waals surface area (Å²) in [5.41, 5.74) is 4.39. The minimum Gasteiger partial charge on any atom is -0.465 e. The molecule has 0 aliphatic heterocycles. The molecule has 0 radical (unpaired) electrons. The quantitative estimate of drug-likeness (QED) is 0.295. The van der Waals surface area contributed by atoms with Crippen molar-refractivity contribution in [2.75, 3.05) is 24.3 Å². The zero-order chi connectivity index (χ0) is 23.9. The van der Waals surface area contributed by atoms with Gasteiger partial charge in [0.1, 0.15) is 5.82 Å². The molecule has 4 aromatic rings. The Bertz CT molecular complexity index is 1270. The summed E-state index contributed by atoms with van der Waals surface area (Å²) in [5.74, 6) is 1.72. The van der Waals surface area contributed by atoms with Crippen LogP contribution < -0.4 is 10.6 Å². The minimum atomic E-state index is -0.338. The molecule has 3 aromatic carbocycles.